The van der Waals surface area contributed by atoms with Gasteiger partial charge in [-0.3, -0.25) is 15.5 Å². The highest BCUT2D eigenvalue weighted by Gasteiger charge is 2.17. The second-order valence-electron chi connectivity index (χ2n) is 5.44. The Morgan fingerprint density at radius 1 is 1.25 bits per heavy atom. The summed E-state index contributed by atoms with van der Waals surface area (Å²) >= 11 is 1.48. The molecule has 0 saturated carbocycles. The first-order valence-electron chi connectivity index (χ1n) is 7.39. The van der Waals surface area contributed by atoms with Gasteiger partial charge in [0.2, 0.25) is 0 Å². The quantitative estimate of drug-likeness (QED) is 0.678. The highest BCUT2D eigenvalue weighted by atomic mass is 32.2. The molecule has 1 heterocycles. The van der Waals surface area contributed by atoms with Crippen molar-refractivity contribution in [3.05, 3.63) is 69.3 Å². The number of hydrogen-bond donors (Lipinski definition) is 1. The highest BCUT2D eigenvalue weighted by molar-refractivity contribution is 8.14. The van der Waals surface area contributed by atoms with Gasteiger partial charge < -0.3 is 0 Å². The smallest absolute Gasteiger partial charge is 0.258 e. The molecule has 0 saturated heterocycles. The van der Waals surface area contributed by atoms with Gasteiger partial charge in [-0.1, -0.05) is 41.6 Å². The Morgan fingerprint density at radius 2 is 2.04 bits per heavy atom. The van der Waals surface area contributed by atoms with Crippen molar-refractivity contribution in [3.63, 3.8) is 0 Å². The molecule has 0 aliphatic carbocycles. The SMILES string of the molecule is Cc1ccc(C)c(C2=NNC(=Nc3ccccc3[N+](=O)[O-])SC2)c1. The molecular formula is C17H16N4O2S. The van der Waals surface area contributed by atoms with Crippen LogP contribution in [0.2, 0.25) is 0 Å². The first-order valence-corrected chi connectivity index (χ1v) is 8.38. The average Bonchev–Trinajstić information content (AvgIpc) is 2.58. The molecule has 0 spiro atoms. The number of thioether (sulfide) groups is 1. The zero-order chi connectivity index (χ0) is 17.1. The molecule has 1 N–H and O–H groups in total. The predicted molar refractivity (Wildman–Crippen MR) is 98.2 cm³/mol. The first kappa shape index (κ1) is 16.2. The van der Waals surface area contributed by atoms with Gasteiger partial charge in [0.1, 0.15) is 5.69 Å². The minimum atomic E-state index is -0.433. The third-order valence-corrected chi connectivity index (χ3v) is 4.51. The molecule has 0 atom stereocenters. The molecule has 1 aliphatic heterocycles. The zero-order valence-electron chi connectivity index (χ0n) is 13.3. The highest BCUT2D eigenvalue weighted by Crippen LogP contribution is 2.28. The number of nitrogens with zero attached hydrogens (tertiary/aromatic N) is 3. The van der Waals surface area contributed by atoms with Crippen molar-refractivity contribution in [3.8, 4) is 0 Å². The number of aliphatic imine (C=N–C) groups is 1. The number of aryl methyl sites for hydroxylation is 2. The molecule has 7 heteroatoms. The van der Waals surface area contributed by atoms with Gasteiger partial charge in [0.15, 0.2) is 5.17 Å². The van der Waals surface area contributed by atoms with Gasteiger partial charge in [0.25, 0.3) is 5.69 Å². The van der Waals surface area contributed by atoms with E-state index < -0.39 is 4.92 Å². The van der Waals surface area contributed by atoms with E-state index in [-0.39, 0.29) is 5.69 Å². The molecule has 0 aromatic heterocycles. The van der Waals surface area contributed by atoms with Crippen LogP contribution in [0.15, 0.2) is 52.6 Å². The number of nitro benzene ring substituents is 1. The van der Waals surface area contributed by atoms with Crippen LogP contribution in [-0.2, 0) is 0 Å². The zero-order valence-corrected chi connectivity index (χ0v) is 14.1. The Bertz CT molecular complexity index is 861. The molecule has 0 fully saturated rings. The summed E-state index contributed by atoms with van der Waals surface area (Å²) in [6, 6.07) is 12.7. The van der Waals surface area contributed by atoms with E-state index in [1.165, 1.54) is 29.0 Å². The molecule has 3 rings (SSSR count). The van der Waals surface area contributed by atoms with Gasteiger partial charge in [-0.2, -0.15) is 5.10 Å². The van der Waals surface area contributed by atoms with Gasteiger partial charge in [-0.05, 0) is 31.5 Å². The third kappa shape index (κ3) is 3.46. The standard InChI is InChI=1S/C17H16N4O2S/c1-11-7-8-12(2)13(9-11)15-10-24-17(20-19-15)18-14-5-3-4-6-16(14)21(22)23/h3-9H,10H2,1-2H3,(H,18,20). The molecule has 122 valence electrons. The van der Waals surface area contributed by atoms with Crippen molar-refractivity contribution in [1.82, 2.24) is 5.43 Å². The number of nitrogens with one attached hydrogen (secondary N) is 1. The topological polar surface area (TPSA) is 79.9 Å². The lowest BCUT2D eigenvalue weighted by atomic mass is 10.0. The Kier molecular flexibility index (Phi) is 4.61. The summed E-state index contributed by atoms with van der Waals surface area (Å²) in [7, 11) is 0. The van der Waals surface area contributed by atoms with Crippen molar-refractivity contribution >= 4 is 34.0 Å². The number of amidine groups is 1. The number of nitro groups is 1. The lowest BCUT2D eigenvalue weighted by Gasteiger charge is -2.16. The van der Waals surface area contributed by atoms with E-state index in [1.807, 2.05) is 6.92 Å². The maximum atomic E-state index is 11.1. The molecule has 0 bridgehead atoms. The second-order valence-corrected chi connectivity index (χ2v) is 6.40. The second kappa shape index (κ2) is 6.84. The molecule has 24 heavy (non-hydrogen) atoms. The van der Waals surface area contributed by atoms with Gasteiger partial charge in [0, 0.05) is 17.4 Å². The van der Waals surface area contributed by atoms with E-state index in [4.69, 9.17) is 0 Å². The Balaban J connectivity index is 1.85. The molecule has 2 aromatic carbocycles. The number of rotatable bonds is 3. The Labute approximate surface area is 143 Å². The fourth-order valence-corrected chi connectivity index (χ4v) is 3.15. The molecule has 1 aliphatic rings. The summed E-state index contributed by atoms with van der Waals surface area (Å²) in [4.78, 5) is 14.9. The average molecular weight is 340 g/mol. The molecule has 0 unspecified atom stereocenters. The van der Waals surface area contributed by atoms with Crippen LogP contribution in [0, 0.1) is 24.0 Å². The van der Waals surface area contributed by atoms with Crippen LogP contribution in [0.5, 0.6) is 0 Å². The summed E-state index contributed by atoms with van der Waals surface area (Å²) in [5.41, 5.74) is 7.62. The summed E-state index contributed by atoms with van der Waals surface area (Å²) in [6.45, 7) is 4.10. The van der Waals surface area contributed by atoms with Crippen LogP contribution < -0.4 is 5.43 Å². The summed E-state index contributed by atoms with van der Waals surface area (Å²) in [6.07, 6.45) is 0. The lowest BCUT2D eigenvalue weighted by Crippen LogP contribution is -2.25. The molecular weight excluding hydrogens is 324 g/mol. The van der Waals surface area contributed by atoms with Crippen molar-refractivity contribution in [2.45, 2.75) is 13.8 Å². The van der Waals surface area contributed by atoms with E-state index in [0.29, 0.717) is 16.6 Å². The fourth-order valence-electron chi connectivity index (χ4n) is 2.38. The van der Waals surface area contributed by atoms with Crippen molar-refractivity contribution < 1.29 is 4.92 Å². The van der Waals surface area contributed by atoms with E-state index in [1.54, 1.807) is 18.2 Å². The normalized spacial score (nSPS) is 15.8. The molecule has 0 amide bonds. The first-order chi connectivity index (χ1) is 11.5. The lowest BCUT2D eigenvalue weighted by molar-refractivity contribution is -0.384. The van der Waals surface area contributed by atoms with Crippen LogP contribution in [0.1, 0.15) is 16.7 Å². The van der Waals surface area contributed by atoms with Gasteiger partial charge in [-0.25, -0.2) is 4.99 Å². The summed E-state index contributed by atoms with van der Waals surface area (Å²) in [5, 5.41) is 16.0. The van der Waals surface area contributed by atoms with Crippen LogP contribution in [0.3, 0.4) is 0 Å². The predicted octanol–water partition coefficient (Wildman–Crippen LogP) is 3.94. The fraction of sp³-hybridized carbons (Fsp3) is 0.176. The van der Waals surface area contributed by atoms with E-state index >= 15 is 0 Å². The summed E-state index contributed by atoms with van der Waals surface area (Å²) in [5.74, 6) is 0.663. The largest absolute Gasteiger partial charge is 0.294 e. The van der Waals surface area contributed by atoms with E-state index in [2.05, 4.69) is 40.6 Å². The maximum absolute atomic E-state index is 11.1. The van der Waals surface area contributed by atoms with Crippen molar-refractivity contribution in [2.75, 3.05) is 5.75 Å². The minimum Gasteiger partial charge on any atom is -0.258 e. The Hall–Kier alpha value is -2.67. The van der Waals surface area contributed by atoms with Crippen molar-refractivity contribution in [1.29, 1.82) is 0 Å². The van der Waals surface area contributed by atoms with Crippen LogP contribution in [-0.4, -0.2) is 21.6 Å². The maximum Gasteiger partial charge on any atom is 0.294 e. The third-order valence-electron chi connectivity index (χ3n) is 3.64. The van der Waals surface area contributed by atoms with Crippen LogP contribution in [0.4, 0.5) is 11.4 Å². The van der Waals surface area contributed by atoms with Crippen LogP contribution >= 0.6 is 11.8 Å². The van der Waals surface area contributed by atoms with Gasteiger partial charge >= 0.3 is 0 Å². The number of para-hydroxylation sites is 2. The number of hydrogen-bond acceptors (Lipinski definition) is 5. The van der Waals surface area contributed by atoms with Crippen LogP contribution in [0.25, 0.3) is 0 Å². The number of hydrazone groups is 1. The monoisotopic (exact) mass is 340 g/mol. The van der Waals surface area contributed by atoms with E-state index in [9.17, 15) is 10.1 Å². The van der Waals surface area contributed by atoms with Crippen molar-refractivity contribution in [2.24, 2.45) is 10.1 Å². The molecule has 0 radical (unpaired) electrons. The summed E-state index contributed by atoms with van der Waals surface area (Å²) < 4.78 is 0. The van der Waals surface area contributed by atoms with Gasteiger partial charge in [0.05, 0.1) is 10.6 Å². The van der Waals surface area contributed by atoms with E-state index in [0.717, 1.165) is 11.3 Å². The number of benzene rings is 2. The minimum absolute atomic E-state index is 0.0169. The van der Waals surface area contributed by atoms with Gasteiger partial charge in [-0.15, -0.1) is 0 Å². The Morgan fingerprint density at radius 3 is 2.75 bits per heavy atom. The molecule has 6 nitrogen and oxygen atoms in total. The molecule has 2 aromatic rings.